The van der Waals surface area contributed by atoms with Gasteiger partial charge in [0.05, 0.1) is 11.1 Å². The molecule has 0 bridgehead atoms. The van der Waals surface area contributed by atoms with Crippen molar-refractivity contribution in [2.24, 2.45) is 10.8 Å². The van der Waals surface area contributed by atoms with Gasteiger partial charge in [-0.05, 0) is 30.8 Å². The fourth-order valence-electron chi connectivity index (χ4n) is 0.834. The van der Waals surface area contributed by atoms with E-state index in [9.17, 15) is 0 Å². The van der Waals surface area contributed by atoms with Gasteiger partial charge in [0.2, 0.25) is 0 Å². The second-order valence-corrected chi connectivity index (χ2v) is 4.03. The lowest BCUT2D eigenvalue weighted by atomic mass is 10.3. The first-order chi connectivity index (χ1) is 6.63. The first kappa shape index (κ1) is 10.6. The van der Waals surface area contributed by atoms with Gasteiger partial charge in [0, 0.05) is 0 Å². The van der Waals surface area contributed by atoms with Crippen molar-refractivity contribution >= 4 is 34.9 Å². The van der Waals surface area contributed by atoms with Crippen molar-refractivity contribution < 1.29 is 0 Å². The summed E-state index contributed by atoms with van der Waals surface area (Å²) in [5, 5.41) is 12.6. The third kappa shape index (κ3) is 2.80. The van der Waals surface area contributed by atoms with Crippen LogP contribution in [0.4, 0.5) is 0 Å². The fourth-order valence-corrected chi connectivity index (χ4v) is 1.73. The predicted molar refractivity (Wildman–Crippen MR) is 61.3 cm³/mol. The number of aryl methyl sites for hydroxylation is 1. The van der Waals surface area contributed by atoms with Gasteiger partial charge in [-0.25, -0.2) is 0 Å². The van der Waals surface area contributed by atoms with Crippen LogP contribution in [-0.4, -0.2) is 11.3 Å². The molecular weight excluding hydrogens is 216 g/mol. The first-order valence-corrected chi connectivity index (χ1v) is 4.95. The molecule has 0 radical (unpaired) electrons. The molecule has 0 aromatic carbocycles. The molecule has 72 valence electrons. The molecule has 0 spiro atoms. The van der Waals surface area contributed by atoms with Crippen molar-refractivity contribution in [2.75, 3.05) is 0 Å². The van der Waals surface area contributed by atoms with E-state index in [4.69, 9.17) is 11.0 Å². The maximum absolute atomic E-state index is 8.65. The molecule has 0 saturated heterocycles. The van der Waals surface area contributed by atoms with E-state index >= 15 is 0 Å². The van der Waals surface area contributed by atoms with Crippen molar-refractivity contribution in [3.63, 3.8) is 0 Å². The summed E-state index contributed by atoms with van der Waals surface area (Å²) in [4.78, 5) is 1.59. The van der Waals surface area contributed by atoms with Crippen LogP contribution in [0.2, 0.25) is 0 Å². The number of nitriles is 1. The van der Waals surface area contributed by atoms with E-state index < -0.39 is 0 Å². The summed E-state index contributed by atoms with van der Waals surface area (Å²) in [6.45, 7) is 1.92. The third-order valence-electron chi connectivity index (χ3n) is 1.42. The lowest BCUT2D eigenvalue weighted by Gasteiger charge is -1.92. The van der Waals surface area contributed by atoms with Crippen molar-refractivity contribution in [2.45, 2.75) is 6.92 Å². The Bertz CT molecular complexity index is 413. The van der Waals surface area contributed by atoms with Crippen molar-refractivity contribution in [1.29, 1.82) is 5.26 Å². The number of rotatable bonds is 2. The Balaban J connectivity index is 2.77. The second kappa shape index (κ2) is 4.69. The zero-order valence-corrected chi connectivity index (χ0v) is 9.08. The first-order valence-electron chi connectivity index (χ1n) is 3.72. The standard InChI is InChI=1S/C8H8N4S2/c1-5-2-6(3-9)14-7(5)4-11-12-8(10)13/h2,4H,1H3,(H3,10,12,13). The molecule has 1 aromatic heterocycles. The van der Waals surface area contributed by atoms with Crippen LogP contribution in [0, 0.1) is 18.3 Å². The van der Waals surface area contributed by atoms with Crippen LogP contribution in [0.5, 0.6) is 0 Å². The Kier molecular flexibility index (Phi) is 3.56. The largest absolute Gasteiger partial charge is 0.375 e. The van der Waals surface area contributed by atoms with E-state index in [1.54, 1.807) is 6.21 Å². The van der Waals surface area contributed by atoms with Gasteiger partial charge in [-0.3, -0.25) is 5.43 Å². The maximum Gasteiger partial charge on any atom is 0.184 e. The van der Waals surface area contributed by atoms with E-state index in [0.717, 1.165) is 10.4 Å². The van der Waals surface area contributed by atoms with Gasteiger partial charge < -0.3 is 5.73 Å². The highest BCUT2D eigenvalue weighted by Gasteiger charge is 2.01. The average Bonchev–Trinajstić information content (AvgIpc) is 2.47. The second-order valence-electron chi connectivity index (χ2n) is 2.50. The lowest BCUT2D eigenvalue weighted by molar-refractivity contribution is 1.04. The summed E-state index contributed by atoms with van der Waals surface area (Å²) < 4.78 is 0. The SMILES string of the molecule is Cc1cc(C#N)sc1C=NNC(N)=S. The van der Waals surface area contributed by atoms with Crippen LogP contribution >= 0.6 is 23.6 Å². The third-order valence-corrected chi connectivity index (χ3v) is 2.59. The Hall–Kier alpha value is -1.45. The number of nitrogens with one attached hydrogen (secondary N) is 1. The number of hydrogen-bond acceptors (Lipinski definition) is 4. The molecular formula is C8H8N4S2. The highest BCUT2D eigenvalue weighted by atomic mass is 32.1. The molecule has 0 aliphatic heterocycles. The molecule has 6 heteroatoms. The Morgan fingerprint density at radius 1 is 1.86 bits per heavy atom. The Morgan fingerprint density at radius 3 is 3.07 bits per heavy atom. The van der Waals surface area contributed by atoms with Crippen LogP contribution in [0.1, 0.15) is 15.3 Å². The number of nitrogens with zero attached hydrogens (tertiary/aromatic N) is 2. The molecule has 1 rings (SSSR count). The zero-order chi connectivity index (χ0) is 10.6. The summed E-state index contributed by atoms with van der Waals surface area (Å²) in [5.74, 6) is 0. The summed E-state index contributed by atoms with van der Waals surface area (Å²) in [7, 11) is 0. The van der Waals surface area contributed by atoms with Crippen molar-refractivity contribution in [3.05, 3.63) is 21.4 Å². The van der Waals surface area contributed by atoms with Crippen LogP contribution in [-0.2, 0) is 0 Å². The molecule has 4 nitrogen and oxygen atoms in total. The highest BCUT2D eigenvalue weighted by molar-refractivity contribution is 7.80. The molecule has 0 amide bonds. The van der Waals surface area contributed by atoms with Crippen LogP contribution < -0.4 is 11.2 Å². The van der Waals surface area contributed by atoms with Gasteiger partial charge in [-0.1, -0.05) is 0 Å². The Morgan fingerprint density at radius 2 is 2.57 bits per heavy atom. The molecule has 0 aliphatic rings. The average molecular weight is 224 g/mol. The number of thiophene rings is 1. The quantitative estimate of drug-likeness (QED) is 0.448. The minimum Gasteiger partial charge on any atom is -0.375 e. The summed E-state index contributed by atoms with van der Waals surface area (Å²) >= 11 is 5.95. The smallest absolute Gasteiger partial charge is 0.184 e. The predicted octanol–water partition coefficient (Wildman–Crippen LogP) is 1.10. The van der Waals surface area contributed by atoms with Crippen LogP contribution in [0.25, 0.3) is 0 Å². The topological polar surface area (TPSA) is 74.2 Å². The Labute approximate surface area is 91.0 Å². The number of hydrazone groups is 1. The van der Waals surface area contributed by atoms with Gasteiger partial charge in [0.1, 0.15) is 10.9 Å². The van der Waals surface area contributed by atoms with Crippen molar-refractivity contribution in [3.8, 4) is 6.07 Å². The molecule has 0 aliphatic carbocycles. The minimum absolute atomic E-state index is 0.121. The van der Waals surface area contributed by atoms with Gasteiger partial charge in [-0.15, -0.1) is 11.3 Å². The van der Waals surface area contributed by atoms with E-state index in [1.165, 1.54) is 11.3 Å². The molecule has 1 heterocycles. The molecule has 0 saturated carbocycles. The van der Waals surface area contributed by atoms with Crippen LogP contribution in [0.15, 0.2) is 11.2 Å². The van der Waals surface area contributed by atoms with Crippen LogP contribution in [0.3, 0.4) is 0 Å². The normalized spacial score (nSPS) is 10.0. The molecule has 1 aromatic rings. The number of hydrogen-bond donors (Lipinski definition) is 2. The van der Waals surface area contributed by atoms with Gasteiger partial charge >= 0.3 is 0 Å². The van der Waals surface area contributed by atoms with E-state index in [-0.39, 0.29) is 5.11 Å². The van der Waals surface area contributed by atoms with E-state index in [0.29, 0.717) is 4.88 Å². The van der Waals surface area contributed by atoms with Gasteiger partial charge in [0.15, 0.2) is 5.11 Å². The van der Waals surface area contributed by atoms with E-state index in [2.05, 4.69) is 28.8 Å². The summed E-state index contributed by atoms with van der Waals surface area (Å²) in [6.07, 6.45) is 1.60. The summed E-state index contributed by atoms with van der Waals surface area (Å²) in [5.41, 5.74) is 8.65. The van der Waals surface area contributed by atoms with Crippen molar-refractivity contribution in [1.82, 2.24) is 5.43 Å². The van der Waals surface area contributed by atoms with Gasteiger partial charge in [-0.2, -0.15) is 10.4 Å². The lowest BCUT2D eigenvalue weighted by Crippen LogP contribution is -2.23. The molecule has 14 heavy (non-hydrogen) atoms. The maximum atomic E-state index is 8.65. The number of thiocarbonyl (C=S) groups is 1. The minimum atomic E-state index is 0.121. The number of nitrogens with two attached hydrogens (primary N) is 1. The zero-order valence-electron chi connectivity index (χ0n) is 7.44. The molecule has 0 unspecified atom stereocenters. The molecule has 0 fully saturated rings. The monoisotopic (exact) mass is 224 g/mol. The summed E-state index contributed by atoms with van der Waals surface area (Å²) in [6, 6.07) is 3.89. The highest BCUT2D eigenvalue weighted by Crippen LogP contribution is 2.18. The van der Waals surface area contributed by atoms with E-state index in [1.807, 2.05) is 13.0 Å². The molecule has 3 N–H and O–H groups in total. The molecule has 0 atom stereocenters. The van der Waals surface area contributed by atoms with Gasteiger partial charge in [0.25, 0.3) is 0 Å². The fraction of sp³-hybridized carbons (Fsp3) is 0.125.